The summed E-state index contributed by atoms with van der Waals surface area (Å²) >= 11 is 1.26. The maximum absolute atomic E-state index is 12.3. The van der Waals surface area contributed by atoms with Crippen molar-refractivity contribution in [3.63, 3.8) is 0 Å². The Kier molecular flexibility index (Phi) is 4.66. The van der Waals surface area contributed by atoms with E-state index in [4.69, 9.17) is 4.74 Å². The third-order valence-corrected chi connectivity index (χ3v) is 4.71. The zero-order valence-corrected chi connectivity index (χ0v) is 14.2. The molecular weight excluding hydrogens is 349 g/mol. The predicted octanol–water partition coefficient (Wildman–Crippen LogP) is 2.66. The minimum atomic E-state index is -1.33. The van der Waals surface area contributed by atoms with Crippen molar-refractivity contribution < 1.29 is 19.0 Å². The zero-order chi connectivity index (χ0) is 18.0. The van der Waals surface area contributed by atoms with Gasteiger partial charge in [0.05, 0.1) is 7.11 Å². The highest BCUT2D eigenvalue weighted by Crippen LogP contribution is 2.24. The molecule has 130 valence electrons. The van der Waals surface area contributed by atoms with E-state index in [-0.39, 0.29) is 5.52 Å². The molecular formula is C16H14FN3O4S. The number of ether oxygens (including phenoxy) is 1. The van der Waals surface area contributed by atoms with Crippen molar-refractivity contribution in [2.45, 2.75) is 6.54 Å². The molecule has 0 atom stereocenters. The van der Waals surface area contributed by atoms with Crippen molar-refractivity contribution in [3.05, 3.63) is 51.8 Å². The van der Waals surface area contributed by atoms with E-state index in [1.807, 2.05) is 24.3 Å². The lowest BCUT2D eigenvalue weighted by Crippen LogP contribution is -2.18. The number of anilines is 1. The molecule has 0 saturated carbocycles. The molecule has 1 aromatic carbocycles. The van der Waals surface area contributed by atoms with Crippen LogP contribution >= 0.6 is 11.3 Å². The normalized spacial score (nSPS) is 10.7. The summed E-state index contributed by atoms with van der Waals surface area (Å²) in [6.07, 6.45) is 1.23. The van der Waals surface area contributed by atoms with E-state index in [1.54, 1.807) is 18.7 Å². The maximum Gasteiger partial charge on any atom is 0.385 e. The van der Waals surface area contributed by atoms with Gasteiger partial charge in [-0.25, -0.2) is 14.7 Å². The van der Waals surface area contributed by atoms with E-state index in [1.165, 1.54) is 17.5 Å². The van der Waals surface area contributed by atoms with Gasteiger partial charge >= 0.3 is 5.97 Å². The first-order chi connectivity index (χ1) is 12.0. The number of benzene rings is 1. The number of fused-ring (bicyclic) bond motifs is 1. The van der Waals surface area contributed by atoms with Crippen LogP contribution < -0.4 is 15.5 Å². The van der Waals surface area contributed by atoms with Gasteiger partial charge in [0.15, 0.2) is 5.13 Å². The summed E-state index contributed by atoms with van der Waals surface area (Å²) < 4.78 is 18.8. The smallest absolute Gasteiger partial charge is 0.385 e. The van der Waals surface area contributed by atoms with Crippen molar-refractivity contribution in [2.24, 2.45) is 7.05 Å². The van der Waals surface area contributed by atoms with Crippen LogP contribution in [-0.4, -0.2) is 22.6 Å². The van der Waals surface area contributed by atoms with E-state index < -0.39 is 17.0 Å². The van der Waals surface area contributed by atoms with Crippen molar-refractivity contribution >= 4 is 32.8 Å². The standard InChI is InChI=1S/C16H14FN3O4S/c1-20-8-11(15(22)24-17)13(21)12-14(20)25-16(19-12)18-7-9-3-5-10(23-2)6-4-9/h3-6,8H,7H2,1-2H3,(H,18,19). The van der Waals surface area contributed by atoms with Crippen LogP contribution in [0.15, 0.2) is 35.3 Å². The van der Waals surface area contributed by atoms with Crippen LogP contribution in [0.1, 0.15) is 15.9 Å². The summed E-state index contributed by atoms with van der Waals surface area (Å²) in [7, 11) is 3.24. The summed E-state index contributed by atoms with van der Waals surface area (Å²) in [5, 5.41) is 3.65. The van der Waals surface area contributed by atoms with Gasteiger partial charge in [-0.1, -0.05) is 23.5 Å². The second-order valence-electron chi connectivity index (χ2n) is 5.22. The van der Waals surface area contributed by atoms with Crippen molar-refractivity contribution in [2.75, 3.05) is 12.4 Å². The topological polar surface area (TPSA) is 82.4 Å². The number of carbonyl (C=O) groups is 1. The number of aromatic nitrogens is 2. The fourth-order valence-electron chi connectivity index (χ4n) is 2.32. The number of hydrogen-bond donors (Lipinski definition) is 1. The third kappa shape index (κ3) is 3.31. The lowest BCUT2D eigenvalue weighted by molar-refractivity contribution is -0.0789. The molecule has 2 heterocycles. The van der Waals surface area contributed by atoms with E-state index in [9.17, 15) is 14.1 Å². The quantitative estimate of drug-likeness (QED) is 0.750. The number of nitrogens with one attached hydrogen (secondary N) is 1. The van der Waals surface area contributed by atoms with Gasteiger partial charge < -0.3 is 14.6 Å². The first-order valence-corrected chi connectivity index (χ1v) is 8.05. The molecule has 0 amide bonds. The van der Waals surface area contributed by atoms with E-state index in [0.717, 1.165) is 11.3 Å². The van der Waals surface area contributed by atoms with Crippen LogP contribution in [0, 0.1) is 0 Å². The van der Waals surface area contributed by atoms with Gasteiger partial charge in [0.2, 0.25) is 5.43 Å². The molecule has 9 heteroatoms. The molecule has 0 spiro atoms. The van der Waals surface area contributed by atoms with Crippen LogP contribution in [-0.2, 0) is 18.5 Å². The first kappa shape index (κ1) is 16.9. The number of pyridine rings is 1. The Morgan fingerprint density at radius 2 is 2.08 bits per heavy atom. The molecule has 1 N–H and O–H groups in total. The summed E-state index contributed by atoms with van der Waals surface area (Å²) in [5.41, 5.74) is 0.0371. The molecule has 0 fully saturated rings. The average Bonchev–Trinajstić information content (AvgIpc) is 3.08. The Morgan fingerprint density at radius 1 is 1.36 bits per heavy atom. The Hall–Kier alpha value is -2.94. The van der Waals surface area contributed by atoms with Crippen molar-refractivity contribution in [3.8, 4) is 5.75 Å². The summed E-state index contributed by atoms with van der Waals surface area (Å²) in [6, 6.07) is 7.51. The van der Waals surface area contributed by atoms with Gasteiger partial charge in [-0.2, -0.15) is 0 Å². The van der Waals surface area contributed by atoms with Gasteiger partial charge in [-0.05, 0) is 17.7 Å². The van der Waals surface area contributed by atoms with Crippen molar-refractivity contribution in [1.29, 1.82) is 0 Å². The monoisotopic (exact) mass is 363 g/mol. The highest BCUT2D eigenvalue weighted by atomic mass is 32.1. The number of hydrogen-bond acceptors (Lipinski definition) is 7. The molecule has 0 saturated heterocycles. The molecule has 0 bridgehead atoms. The fraction of sp³-hybridized carbons (Fsp3) is 0.188. The van der Waals surface area contributed by atoms with Gasteiger partial charge in [-0.15, -0.1) is 0 Å². The second kappa shape index (κ2) is 6.89. The molecule has 2 aromatic heterocycles. The predicted molar refractivity (Wildman–Crippen MR) is 91.7 cm³/mol. The largest absolute Gasteiger partial charge is 0.497 e. The molecule has 0 aliphatic heterocycles. The SMILES string of the molecule is COc1ccc(CNc2nc3c(=O)c(C(=O)OF)cn(C)c3s2)cc1. The summed E-state index contributed by atoms with van der Waals surface area (Å²) in [4.78, 5) is 31.5. The molecule has 3 aromatic rings. The van der Waals surface area contributed by atoms with Gasteiger partial charge in [0.25, 0.3) is 0 Å². The minimum absolute atomic E-state index is 0.0904. The van der Waals surface area contributed by atoms with Gasteiger partial charge in [0, 0.05) is 24.3 Å². The van der Waals surface area contributed by atoms with E-state index in [2.05, 4.69) is 15.2 Å². The number of nitrogens with zero attached hydrogens (tertiary/aromatic N) is 2. The molecule has 0 aliphatic carbocycles. The zero-order valence-electron chi connectivity index (χ0n) is 13.4. The lowest BCUT2D eigenvalue weighted by atomic mass is 10.2. The minimum Gasteiger partial charge on any atom is -0.497 e. The highest BCUT2D eigenvalue weighted by Gasteiger charge is 2.19. The van der Waals surface area contributed by atoms with Crippen LogP contribution in [0.4, 0.5) is 9.66 Å². The number of carbonyl (C=O) groups excluding carboxylic acids is 1. The molecule has 3 rings (SSSR count). The molecule has 0 unspecified atom stereocenters. The number of thiazole rings is 1. The molecule has 0 radical (unpaired) electrons. The first-order valence-electron chi connectivity index (χ1n) is 7.23. The number of rotatable bonds is 5. The van der Waals surface area contributed by atoms with Crippen LogP contribution in [0.3, 0.4) is 0 Å². The molecule has 0 aliphatic rings. The summed E-state index contributed by atoms with van der Waals surface area (Å²) in [6.45, 7) is 0.501. The Balaban J connectivity index is 1.87. The Bertz CT molecular complexity index is 981. The van der Waals surface area contributed by atoms with Crippen LogP contribution in [0.2, 0.25) is 0 Å². The molecule has 25 heavy (non-hydrogen) atoms. The Morgan fingerprint density at radius 3 is 2.72 bits per heavy atom. The summed E-state index contributed by atoms with van der Waals surface area (Å²) in [5.74, 6) is -0.567. The van der Waals surface area contributed by atoms with E-state index >= 15 is 0 Å². The second-order valence-corrected chi connectivity index (χ2v) is 6.20. The average molecular weight is 363 g/mol. The van der Waals surface area contributed by atoms with Crippen LogP contribution in [0.5, 0.6) is 5.75 Å². The lowest BCUT2D eigenvalue weighted by Gasteiger charge is -2.04. The van der Waals surface area contributed by atoms with Crippen LogP contribution in [0.25, 0.3) is 10.3 Å². The Labute approximate surface area is 145 Å². The van der Waals surface area contributed by atoms with Crippen molar-refractivity contribution in [1.82, 2.24) is 9.55 Å². The number of methoxy groups -OCH3 is 1. The van der Waals surface area contributed by atoms with E-state index in [0.29, 0.717) is 16.5 Å². The number of aryl methyl sites for hydroxylation is 1. The third-order valence-electron chi connectivity index (χ3n) is 3.60. The fourth-order valence-corrected chi connectivity index (χ4v) is 3.22. The molecule has 7 nitrogen and oxygen atoms in total. The highest BCUT2D eigenvalue weighted by molar-refractivity contribution is 7.21. The maximum atomic E-state index is 12.3. The van der Waals surface area contributed by atoms with Gasteiger partial charge in [-0.3, -0.25) is 4.79 Å². The van der Waals surface area contributed by atoms with Gasteiger partial charge in [0.1, 0.15) is 21.7 Å². The number of halogens is 1.